The fourth-order valence-corrected chi connectivity index (χ4v) is 4.99. The summed E-state index contributed by atoms with van der Waals surface area (Å²) in [4.78, 5) is 29.6. The van der Waals surface area contributed by atoms with Crippen LogP contribution in [0.5, 0.6) is 5.75 Å². The van der Waals surface area contributed by atoms with Gasteiger partial charge in [0.15, 0.2) is 0 Å². The first-order chi connectivity index (χ1) is 15.8. The molecule has 0 spiro atoms. The number of thiophene rings is 1. The van der Waals surface area contributed by atoms with E-state index >= 15 is 0 Å². The maximum absolute atomic E-state index is 13.5. The third-order valence-electron chi connectivity index (χ3n) is 5.49. The number of alkyl halides is 6. The van der Waals surface area contributed by atoms with Crippen LogP contribution in [-0.2, 0) is 17.1 Å². The predicted octanol–water partition coefficient (Wildman–Crippen LogP) is 6.17. The van der Waals surface area contributed by atoms with Crippen molar-refractivity contribution in [1.29, 1.82) is 0 Å². The van der Waals surface area contributed by atoms with E-state index in [9.17, 15) is 35.9 Å². The van der Waals surface area contributed by atoms with Crippen molar-refractivity contribution in [2.75, 3.05) is 6.54 Å². The lowest BCUT2D eigenvalue weighted by atomic mass is 9.82. The van der Waals surface area contributed by atoms with Crippen LogP contribution in [0.1, 0.15) is 53.5 Å². The second-order valence-corrected chi connectivity index (χ2v) is 8.97. The van der Waals surface area contributed by atoms with Crippen molar-refractivity contribution >= 4 is 34.1 Å². The number of carbonyl (C=O) groups excluding carboxylic acids is 2. The lowest BCUT2D eigenvalue weighted by Crippen LogP contribution is -2.64. The van der Waals surface area contributed by atoms with Crippen molar-refractivity contribution in [2.24, 2.45) is 0 Å². The van der Waals surface area contributed by atoms with Crippen LogP contribution in [0.15, 0.2) is 29.8 Å². The van der Waals surface area contributed by atoms with Crippen LogP contribution in [0.4, 0.5) is 26.3 Å². The molecule has 186 valence electrons. The first-order valence-electron chi connectivity index (χ1n) is 10.2. The van der Waals surface area contributed by atoms with Crippen molar-refractivity contribution in [3.8, 4) is 5.75 Å². The van der Waals surface area contributed by atoms with Crippen LogP contribution >= 0.6 is 22.9 Å². The fourth-order valence-electron chi connectivity index (χ4n) is 4.05. The normalized spacial score (nSPS) is 21.4. The molecule has 0 radical (unpaired) electrons. The van der Waals surface area contributed by atoms with Gasteiger partial charge in [-0.05, 0) is 43.0 Å². The Kier molecular flexibility index (Phi) is 7.51. The first kappa shape index (κ1) is 26.3. The van der Waals surface area contributed by atoms with Crippen LogP contribution in [0.25, 0.3) is 0 Å². The SMILES string of the molecule is CCCC1N(C(=O)c2ncccc2C(F)(F)F)CCCC1(Oc1csc(C(F)(F)F)c1)C(=O)Cl. The van der Waals surface area contributed by atoms with Gasteiger partial charge in [-0.2, -0.15) is 26.3 Å². The lowest BCUT2D eigenvalue weighted by Gasteiger charge is -2.47. The molecule has 1 aliphatic rings. The number of nitrogens with zero attached hydrogens (tertiary/aromatic N) is 2. The largest absolute Gasteiger partial charge is 0.475 e. The number of hydrogen-bond acceptors (Lipinski definition) is 5. The molecule has 0 bridgehead atoms. The number of ether oxygens (including phenoxy) is 1. The molecule has 13 heteroatoms. The summed E-state index contributed by atoms with van der Waals surface area (Å²) in [6, 6.07) is 1.36. The van der Waals surface area contributed by atoms with Gasteiger partial charge in [0, 0.05) is 24.2 Å². The molecule has 34 heavy (non-hydrogen) atoms. The molecule has 0 N–H and O–H groups in total. The van der Waals surface area contributed by atoms with Crippen molar-refractivity contribution in [3.05, 3.63) is 45.9 Å². The molecule has 2 aromatic rings. The highest BCUT2D eigenvalue weighted by Crippen LogP contribution is 2.42. The van der Waals surface area contributed by atoms with Gasteiger partial charge in [0.2, 0.25) is 5.60 Å². The molecule has 1 saturated heterocycles. The van der Waals surface area contributed by atoms with Gasteiger partial charge in [-0.3, -0.25) is 14.6 Å². The van der Waals surface area contributed by atoms with Crippen molar-refractivity contribution in [1.82, 2.24) is 9.88 Å². The van der Waals surface area contributed by atoms with Gasteiger partial charge >= 0.3 is 12.4 Å². The summed E-state index contributed by atoms with van der Waals surface area (Å²) < 4.78 is 85.3. The summed E-state index contributed by atoms with van der Waals surface area (Å²) in [5.74, 6) is -1.34. The van der Waals surface area contributed by atoms with E-state index in [2.05, 4.69) is 4.98 Å². The minimum absolute atomic E-state index is 0.00983. The maximum Gasteiger partial charge on any atom is 0.425 e. The Morgan fingerprint density at radius 1 is 1.26 bits per heavy atom. The number of rotatable bonds is 6. The highest BCUT2D eigenvalue weighted by Gasteiger charge is 2.54. The van der Waals surface area contributed by atoms with E-state index in [1.54, 1.807) is 6.92 Å². The average molecular weight is 529 g/mol. The minimum atomic E-state index is -4.85. The highest BCUT2D eigenvalue weighted by molar-refractivity contribution is 7.10. The quantitative estimate of drug-likeness (QED) is 0.332. The topological polar surface area (TPSA) is 59.5 Å². The van der Waals surface area contributed by atoms with Crippen LogP contribution < -0.4 is 4.74 Å². The number of hydrogen-bond donors (Lipinski definition) is 0. The molecule has 0 saturated carbocycles. The third kappa shape index (κ3) is 5.17. The van der Waals surface area contributed by atoms with Gasteiger partial charge in [-0.1, -0.05) is 13.3 Å². The molecule has 0 aromatic carbocycles. The van der Waals surface area contributed by atoms with Gasteiger partial charge < -0.3 is 9.64 Å². The van der Waals surface area contributed by atoms with Crippen molar-refractivity contribution in [2.45, 2.75) is 56.6 Å². The highest BCUT2D eigenvalue weighted by atomic mass is 35.5. The van der Waals surface area contributed by atoms with Gasteiger partial charge in [-0.15, -0.1) is 11.3 Å². The number of amides is 1. The molecule has 1 fully saturated rings. The summed E-state index contributed by atoms with van der Waals surface area (Å²) in [6.07, 6.45) is -7.86. The fraction of sp³-hybridized carbons (Fsp3) is 0.476. The van der Waals surface area contributed by atoms with Crippen molar-refractivity contribution in [3.63, 3.8) is 0 Å². The summed E-state index contributed by atoms with van der Waals surface area (Å²) in [5, 5.41) is 0.00887. The van der Waals surface area contributed by atoms with E-state index in [4.69, 9.17) is 16.3 Å². The zero-order valence-electron chi connectivity index (χ0n) is 17.7. The molecule has 2 aromatic heterocycles. The van der Waals surface area contributed by atoms with E-state index in [1.165, 1.54) is 0 Å². The molecule has 3 rings (SSSR count). The molecule has 0 aliphatic carbocycles. The number of aromatic nitrogens is 1. The molecule has 1 aliphatic heterocycles. The second kappa shape index (κ2) is 9.73. The van der Waals surface area contributed by atoms with E-state index in [-0.39, 0.29) is 31.6 Å². The molecule has 2 atom stereocenters. The molecule has 1 amide bonds. The summed E-state index contributed by atoms with van der Waals surface area (Å²) in [5.41, 5.74) is -4.02. The standard InChI is InChI=1S/C21H19ClF6N2O3S/c1-2-5-14-19(18(22)32,33-12-10-15(34-11-12)21(26,27)28)7-4-9-30(14)17(31)16-13(20(23,24)25)6-3-8-29-16/h3,6,8,10-11,14H,2,4-5,7,9H2,1H3. The Labute approximate surface area is 199 Å². The van der Waals surface area contributed by atoms with Gasteiger partial charge in [0.25, 0.3) is 11.1 Å². The molecular weight excluding hydrogens is 510 g/mol. The smallest absolute Gasteiger partial charge is 0.425 e. The Morgan fingerprint density at radius 2 is 1.97 bits per heavy atom. The van der Waals surface area contributed by atoms with E-state index in [1.807, 2.05) is 0 Å². The zero-order valence-corrected chi connectivity index (χ0v) is 19.2. The third-order valence-corrected chi connectivity index (χ3v) is 6.76. The first-order valence-corrected chi connectivity index (χ1v) is 11.4. The van der Waals surface area contributed by atoms with E-state index in [0.717, 1.165) is 34.7 Å². The van der Waals surface area contributed by atoms with E-state index in [0.29, 0.717) is 17.8 Å². The van der Waals surface area contributed by atoms with Crippen molar-refractivity contribution < 1.29 is 40.7 Å². The molecule has 5 nitrogen and oxygen atoms in total. The number of likely N-dealkylation sites (tertiary alicyclic amines) is 1. The zero-order chi connectivity index (χ0) is 25.3. The number of halogens is 7. The van der Waals surface area contributed by atoms with Gasteiger partial charge in [-0.25, -0.2) is 0 Å². The average Bonchev–Trinajstić information content (AvgIpc) is 3.23. The summed E-state index contributed by atoms with van der Waals surface area (Å²) in [7, 11) is 0. The van der Waals surface area contributed by atoms with Crippen LogP contribution in [0, 0.1) is 0 Å². The number of carbonyl (C=O) groups is 2. The lowest BCUT2D eigenvalue weighted by molar-refractivity contribution is -0.140. The molecular formula is C21H19ClF6N2O3S. The number of pyridine rings is 1. The summed E-state index contributed by atoms with van der Waals surface area (Å²) >= 11 is 6.25. The minimum Gasteiger partial charge on any atom is -0.475 e. The maximum atomic E-state index is 13.5. The second-order valence-electron chi connectivity index (χ2n) is 7.71. The Bertz CT molecular complexity index is 1060. The van der Waals surface area contributed by atoms with Crippen LogP contribution in [0.3, 0.4) is 0 Å². The summed E-state index contributed by atoms with van der Waals surface area (Å²) in [6.45, 7) is 1.71. The monoisotopic (exact) mass is 528 g/mol. The van der Waals surface area contributed by atoms with Crippen LogP contribution in [0.2, 0.25) is 0 Å². The molecule has 3 heterocycles. The van der Waals surface area contributed by atoms with Gasteiger partial charge in [0.05, 0.1) is 11.6 Å². The number of piperidine rings is 1. The Morgan fingerprint density at radius 3 is 2.53 bits per heavy atom. The Hall–Kier alpha value is -2.34. The molecule has 2 unspecified atom stereocenters. The predicted molar refractivity (Wildman–Crippen MR) is 112 cm³/mol. The Balaban J connectivity index is 2.04. The van der Waals surface area contributed by atoms with Crippen LogP contribution in [-0.4, -0.2) is 39.2 Å². The van der Waals surface area contributed by atoms with Gasteiger partial charge in [0.1, 0.15) is 16.3 Å². The van der Waals surface area contributed by atoms with E-state index < -0.39 is 51.3 Å².